The van der Waals surface area contributed by atoms with E-state index >= 15 is 0 Å². The number of esters is 1. The van der Waals surface area contributed by atoms with E-state index in [9.17, 15) is 9.90 Å². The van der Waals surface area contributed by atoms with Gasteiger partial charge < -0.3 is 9.84 Å². The number of aliphatic hydroxyl groups is 1. The van der Waals surface area contributed by atoms with E-state index in [2.05, 4.69) is 35.2 Å². The number of rotatable bonds is 7. The number of carbonyl (C=O) groups is 1. The SMILES string of the molecule is Cc1cccc(C(O)(C(=O)OCC2C3CN(Cc4ccccc4)CC23)C2CCCC2)c1. The third-order valence-corrected chi connectivity index (χ3v) is 7.82. The fourth-order valence-corrected chi connectivity index (χ4v) is 5.98. The summed E-state index contributed by atoms with van der Waals surface area (Å²) < 4.78 is 5.82. The molecule has 0 bridgehead atoms. The zero-order valence-corrected chi connectivity index (χ0v) is 18.4. The molecule has 3 aliphatic rings. The highest BCUT2D eigenvalue weighted by atomic mass is 16.6. The summed E-state index contributed by atoms with van der Waals surface area (Å²) >= 11 is 0. The van der Waals surface area contributed by atoms with E-state index < -0.39 is 11.6 Å². The third-order valence-electron chi connectivity index (χ3n) is 7.82. The Morgan fingerprint density at radius 2 is 1.77 bits per heavy atom. The maximum absolute atomic E-state index is 13.2. The number of fused-ring (bicyclic) bond motifs is 1. The summed E-state index contributed by atoms with van der Waals surface area (Å²) in [6, 6.07) is 18.3. The molecule has 2 aromatic carbocycles. The van der Waals surface area contributed by atoms with Gasteiger partial charge in [-0.1, -0.05) is 73.0 Å². The van der Waals surface area contributed by atoms with E-state index in [0.717, 1.165) is 50.9 Å². The van der Waals surface area contributed by atoms with E-state index in [1.54, 1.807) is 0 Å². The van der Waals surface area contributed by atoms with Crippen LogP contribution in [-0.4, -0.2) is 35.7 Å². The number of aryl methyl sites for hydroxylation is 1. The van der Waals surface area contributed by atoms with Crippen LogP contribution in [0.15, 0.2) is 54.6 Å². The molecule has 2 aromatic rings. The van der Waals surface area contributed by atoms with Crippen LogP contribution in [0.2, 0.25) is 0 Å². The van der Waals surface area contributed by atoms with Gasteiger partial charge in [-0.3, -0.25) is 4.90 Å². The lowest BCUT2D eigenvalue weighted by Gasteiger charge is -2.32. The van der Waals surface area contributed by atoms with Gasteiger partial charge in [-0.05, 0) is 42.7 Å². The summed E-state index contributed by atoms with van der Waals surface area (Å²) in [6.07, 6.45) is 3.89. The van der Waals surface area contributed by atoms with Crippen LogP contribution < -0.4 is 0 Å². The molecule has 3 fully saturated rings. The van der Waals surface area contributed by atoms with Crippen LogP contribution >= 0.6 is 0 Å². The van der Waals surface area contributed by atoms with Crippen LogP contribution in [0, 0.1) is 30.6 Å². The molecule has 0 radical (unpaired) electrons. The van der Waals surface area contributed by atoms with Crippen molar-refractivity contribution in [1.29, 1.82) is 0 Å². The lowest BCUT2D eigenvalue weighted by molar-refractivity contribution is -0.174. The molecule has 1 heterocycles. The number of hydrogen-bond donors (Lipinski definition) is 1. The fourth-order valence-electron chi connectivity index (χ4n) is 5.98. The van der Waals surface area contributed by atoms with Crippen molar-refractivity contribution in [2.24, 2.45) is 23.7 Å². The van der Waals surface area contributed by atoms with Crippen LogP contribution in [0.4, 0.5) is 0 Å². The van der Waals surface area contributed by atoms with Crippen LogP contribution in [0.3, 0.4) is 0 Å². The van der Waals surface area contributed by atoms with Gasteiger partial charge in [-0.25, -0.2) is 4.79 Å². The number of benzene rings is 2. The standard InChI is InChI=1S/C27H33NO3/c1-19-8-7-13-22(14-19)27(30,21-11-5-6-12-21)26(29)31-18-25-23-16-28(17-24(23)25)15-20-9-3-2-4-10-20/h2-4,7-10,13-14,21,23-25,30H,5-6,11-12,15-18H2,1H3. The normalized spacial score (nSPS) is 27.6. The van der Waals surface area contributed by atoms with Gasteiger partial charge >= 0.3 is 5.97 Å². The fraction of sp³-hybridized carbons (Fsp3) is 0.519. The lowest BCUT2D eigenvalue weighted by Crippen LogP contribution is -2.44. The molecular formula is C27H33NO3. The molecule has 4 nitrogen and oxygen atoms in total. The summed E-state index contributed by atoms with van der Waals surface area (Å²) in [5.74, 6) is 1.18. The minimum atomic E-state index is -1.52. The Balaban J connectivity index is 1.19. The summed E-state index contributed by atoms with van der Waals surface area (Å²) in [5.41, 5.74) is 1.57. The minimum Gasteiger partial charge on any atom is -0.463 e. The molecule has 3 atom stereocenters. The molecule has 2 saturated carbocycles. The summed E-state index contributed by atoms with van der Waals surface area (Å²) in [7, 11) is 0. The number of carbonyl (C=O) groups excluding carboxylic acids is 1. The molecule has 4 heteroatoms. The second-order valence-corrected chi connectivity index (χ2v) is 9.89. The van der Waals surface area contributed by atoms with Crippen molar-refractivity contribution in [1.82, 2.24) is 4.90 Å². The number of ether oxygens (including phenoxy) is 1. The van der Waals surface area contributed by atoms with E-state index in [4.69, 9.17) is 4.74 Å². The maximum Gasteiger partial charge on any atom is 0.343 e. The van der Waals surface area contributed by atoms with Gasteiger partial charge in [0.2, 0.25) is 0 Å². The van der Waals surface area contributed by atoms with Crippen LogP contribution in [-0.2, 0) is 21.7 Å². The van der Waals surface area contributed by atoms with Crippen molar-refractivity contribution in [3.8, 4) is 0 Å². The second-order valence-electron chi connectivity index (χ2n) is 9.89. The summed E-state index contributed by atoms with van der Waals surface area (Å²) in [5, 5.41) is 11.6. The van der Waals surface area contributed by atoms with Crippen molar-refractivity contribution in [3.63, 3.8) is 0 Å². The van der Waals surface area contributed by atoms with E-state index in [1.807, 2.05) is 31.2 Å². The Morgan fingerprint density at radius 1 is 1.06 bits per heavy atom. The molecule has 1 aliphatic heterocycles. The lowest BCUT2D eigenvalue weighted by atomic mass is 9.79. The first-order chi connectivity index (χ1) is 15.1. The number of nitrogens with zero attached hydrogens (tertiary/aromatic N) is 1. The van der Waals surface area contributed by atoms with Crippen LogP contribution in [0.5, 0.6) is 0 Å². The van der Waals surface area contributed by atoms with E-state index in [1.165, 1.54) is 5.56 Å². The number of hydrogen-bond acceptors (Lipinski definition) is 4. The average molecular weight is 420 g/mol. The highest BCUT2D eigenvalue weighted by molar-refractivity contribution is 5.81. The van der Waals surface area contributed by atoms with Crippen molar-refractivity contribution >= 4 is 5.97 Å². The third kappa shape index (κ3) is 4.04. The Bertz CT molecular complexity index is 911. The molecular weight excluding hydrogens is 386 g/mol. The minimum absolute atomic E-state index is 0.0538. The average Bonchev–Trinajstić information content (AvgIpc) is 3.17. The van der Waals surface area contributed by atoms with Gasteiger partial charge in [0, 0.05) is 31.5 Å². The molecule has 0 spiro atoms. The van der Waals surface area contributed by atoms with E-state index in [-0.39, 0.29) is 5.92 Å². The van der Waals surface area contributed by atoms with Crippen molar-refractivity contribution < 1.29 is 14.6 Å². The monoisotopic (exact) mass is 419 g/mol. The molecule has 1 N–H and O–H groups in total. The molecule has 1 saturated heterocycles. The summed E-state index contributed by atoms with van der Waals surface area (Å²) in [6.45, 7) is 5.58. The Kier molecular flexibility index (Phi) is 5.61. The zero-order chi connectivity index (χ0) is 21.4. The smallest absolute Gasteiger partial charge is 0.343 e. The van der Waals surface area contributed by atoms with Crippen molar-refractivity contribution in [2.75, 3.05) is 19.7 Å². The van der Waals surface area contributed by atoms with Crippen molar-refractivity contribution in [2.45, 2.75) is 44.8 Å². The van der Waals surface area contributed by atoms with E-state index in [0.29, 0.717) is 29.9 Å². The molecule has 2 aliphatic carbocycles. The zero-order valence-electron chi connectivity index (χ0n) is 18.4. The highest BCUT2D eigenvalue weighted by Gasteiger charge is 2.56. The van der Waals surface area contributed by atoms with Crippen LogP contribution in [0.25, 0.3) is 0 Å². The molecule has 5 rings (SSSR count). The van der Waals surface area contributed by atoms with Crippen LogP contribution in [0.1, 0.15) is 42.4 Å². The first-order valence-corrected chi connectivity index (χ1v) is 11.8. The first kappa shape index (κ1) is 20.7. The van der Waals surface area contributed by atoms with Crippen molar-refractivity contribution in [3.05, 3.63) is 71.3 Å². The quantitative estimate of drug-likeness (QED) is 0.680. The predicted octanol–water partition coefficient (Wildman–Crippen LogP) is 4.29. The highest BCUT2D eigenvalue weighted by Crippen LogP contribution is 2.52. The van der Waals surface area contributed by atoms with Gasteiger partial charge in [0.25, 0.3) is 0 Å². The van der Waals surface area contributed by atoms with Gasteiger partial charge in [0.15, 0.2) is 5.60 Å². The van der Waals surface area contributed by atoms with Gasteiger partial charge in [-0.2, -0.15) is 0 Å². The molecule has 0 aromatic heterocycles. The topological polar surface area (TPSA) is 49.8 Å². The summed E-state index contributed by atoms with van der Waals surface area (Å²) in [4.78, 5) is 15.7. The van der Waals surface area contributed by atoms with Gasteiger partial charge in [-0.15, -0.1) is 0 Å². The molecule has 3 unspecified atom stereocenters. The predicted molar refractivity (Wildman–Crippen MR) is 120 cm³/mol. The second kappa shape index (κ2) is 8.40. The Morgan fingerprint density at radius 3 is 2.45 bits per heavy atom. The first-order valence-electron chi connectivity index (χ1n) is 11.8. The molecule has 31 heavy (non-hydrogen) atoms. The van der Waals surface area contributed by atoms with Gasteiger partial charge in [0.05, 0.1) is 6.61 Å². The van der Waals surface area contributed by atoms with Gasteiger partial charge in [0.1, 0.15) is 0 Å². The molecule has 164 valence electrons. The Labute approximate surface area is 185 Å². The number of likely N-dealkylation sites (tertiary alicyclic amines) is 1. The largest absolute Gasteiger partial charge is 0.463 e. The maximum atomic E-state index is 13.2. The molecule has 0 amide bonds. The Hall–Kier alpha value is -2.17. The number of piperidine rings is 1.